The van der Waals surface area contributed by atoms with E-state index in [-0.39, 0.29) is 5.78 Å². The molecule has 1 aromatic carbocycles. The van der Waals surface area contributed by atoms with E-state index in [0.717, 1.165) is 17.0 Å². The van der Waals surface area contributed by atoms with Crippen LogP contribution in [-0.2, 0) is 11.8 Å². The van der Waals surface area contributed by atoms with E-state index >= 15 is 0 Å². The molecule has 5 nitrogen and oxygen atoms in total. The van der Waals surface area contributed by atoms with Gasteiger partial charge in [0.1, 0.15) is 12.4 Å². The van der Waals surface area contributed by atoms with Gasteiger partial charge in [-0.05, 0) is 30.7 Å². The van der Waals surface area contributed by atoms with Gasteiger partial charge in [0.2, 0.25) is 0 Å². The highest BCUT2D eigenvalue weighted by Gasteiger charge is 2.09. The molecule has 0 atom stereocenters. The maximum absolute atomic E-state index is 12.2. The minimum Gasteiger partial charge on any atom is -0.491 e. The van der Waals surface area contributed by atoms with E-state index < -0.39 is 0 Å². The summed E-state index contributed by atoms with van der Waals surface area (Å²) < 4.78 is 12.1. The molecule has 0 unspecified atom stereocenters. The van der Waals surface area contributed by atoms with Crippen molar-refractivity contribution in [1.29, 1.82) is 0 Å². The summed E-state index contributed by atoms with van der Waals surface area (Å²) in [5, 5.41) is 4.17. The molecule has 0 aliphatic carbocycles. The lowest BCUT2D eigenvalue weighted by Crippen LogP contribution is -2.04. The second-order valence-electron chi connectivity index (χ2n) is 4.91. The Morgan fingerprint density at radius 2 is 2.18 bits per heavy atom. The number of carbonyl (C=O) groups excluding carboxylic acids is 1. The second-order valence-corrected chi connectivity index (χ2v) is 4.91. The average molecular weight is 300 g/mol. The SMILES string of the molecule is COCCOc1cccc(/C=C/C(=O)c2cn(C)nc2C)c1. The summed E-state index contributed by atoms with van der Waals surface area (Å²) in [4.78, 5) is 12.2. The van der Waals surface area contributed by atoms with Crippen LogP contribution in [0.1, 0.15) is 21.6 Å². The van der Waals surface area contributed by atoms with E-state index in [9.17, 15) is 4.79 Å². The van der Waals surface area contributed by atoms with E-state index in [1.165, 1.54) is 0 Å². The number of aromatic nitrogens is 2. The number of benzene rings is 1. The fraction of sp³-hybridized carbons (Fsp3) is 0.294. The van der Waals surface area contributed by atoms with Crippen molar-refractivity contribution in [2.75, 3.05) is 20.3 Å². The summed E-state index contributed by atoms with van der Waals surface area (Å²) in [5.74, 6) is 0.695. The zero-order valence-corrected chi connectivity index (χ0v) is 13.1. The first-order chi connectivity index (χ1) is 10.6. The Morgan fingerprint density at radius 1 is 1.36 bits per heavy atom. The van der Waals surface area contributed by atoms with Crippen LogP contribution >= 0.6 is 0 Å². The molecule has 0 aliphatic rings. The van der Waals surface area contributed by atoms with Gasteiger partial charge < -0.3 is 9.47 Å². The minimum atomic E-state index is -0.0590. The van der Waals surface area contributed by atoms with Crippen LogP contribution in [0.25, 0.3) is 6.08 Å². The zero-order valence-electron chi connectivity index (χ0n) is 13.1. The predicted octanol–water partition coefficient (Wildman–Crippen LogP) is 2.65. The standard InChI is InChI=1S/C17H20N2O3/c1-13-16(12-19(2)18-13)17(20)8-7-14-5-4-6-15(11-14)22-10-9-21-3/h4-8,11-12H,9-10H2,1-3H3/b8-7+. The lowest BCUT2D eigenvalue weighted by molar-refractivity contribution is 0.104. The zero-order chi connectivity index (χ0) is 15.9. The lowest BCUT2D eigenvalue weighted by Gasteiger charge is -2.05. The third-order valence-corrected chi connectivity index (χ3v) is 3.12. The highest BCUT2D eigenvalue weighted by Crippen LogP contribution is 2.15. The van der Waals surface area contributed by atoms with E-state index in [1.807, 2.05) is 31.2 Å². The van der Waals surface area contributed by atoms with Crippen LogP contribution in [0.3, 0.4) is 0 Å². The highest BCUT2D eigenvalue weighted by molar-refractivity contribution is 6.07. The largest absolute Gasteiger partial charge is 0.491 e. The molecule has 0 saturated heterocycles. The number of hydrogen-bond acceptors (Lipinski definition) is 4. The lowest BCUT2D eigenvalue weighted by atomic mass is 10.1. The van der Waals surface area contributed by atoms with E-state index in [0.29, 0.717) is 18.8 Å². The Balaban J connectivity index is 2.05. The van der Waals surface area contributed by atoms with Crippen LogP contribution in [0.4, 0.5) is 0 Å². The molecule has 0 fully saturated rings. The first-order valence-electron chi connectivity index (χ1n) is 7.04. The van der Waals surface area contributed by atoms with Crippen molar-refractivity contribution in [1.82, 2.24) is 9.78 Å². The molecule has 0 bridgehead atoms. The maximum Gasteiger partial charge on any atom is 0.189 e. The molecule has 0 N–H and O–H groups in total. The number of nitrogens with zero attached hydrogens (tertiary/aromatic N) is 2. The Labute approximate surface area is 130 Å². The van der Waals surface area contributed by atoms with Gasteiger partial charge in [-0.3, -0.25) is 9.48 Å². The molecule has 0 spiro atoms. The number of methoxy groups -OCH3 is 1. The first kappa shape index (κ1) is 16.0. The number of aryl methyl sites for hydroxylation is 2. The second kappa shape index (κ2) is 7.56. The van der Waals surface area contributed by atoms with Crippen LogP contribution < -0.4 is 4.74 Å². The third-order valence-electron chi connectivity index (χ3n) is 3.12. The molecule has 0 aliphatic heterocycles. The van der Waals surface area contributed by atoms with E-state index in [2.05, 4.69) is 5.10 Å². The van der Waals surface area contributed by atoms with Crippen LogP contribution in [-0.4, -0.2) is 35.9 Å². The number of hydrogen-bond donors (Lipinski definition) is 0. The smallest absolute Gasteiger partial charge is 0.189 e. The van der Waals surface area contributed by atoms with Gasteiger partial charge in [-0.1, -0.05) is 18.2 Å². The van der Waals surface area contributed by atoms with Gasteiger partial charge >= 0.3 is 0 Å². The quantitative estimate of drug-likeness (QED) is 0.448. The van der Waals surface area contributed by atoms with Gasteiger partial charge in [0.15, 0.2) is 5.78 Å². The van der Waals surface area contributed by atoms with Gasteiger partial charge in [-0.2, -0.15) is 5.10 Å². The molecular formula is C17H20N2O3. The molecule has 1 heterocycles. The molecule has 5 heteroatoms. The van der Waals surface area contributed by atoms with E-state index in [1.54, 1.807) is 37.2 Å². The van der Waals surface area contributed by atoms with Crippen molar-refractivity contribution >= 4 is 11.9 Å². The Kier molecular flexibility index (Phi) is 5.49. The average Bonchev–Trinajstić information content (AvgIpc) is 2.84. The van der Waals surface area contributed by atoms with Gasteiger partial charge in [-0.15, -0.1) is 0 Å². The summed E-state index contributed by atoms with van der Waals surface area (Å²) in [5.41, 5.74) is 2.25. The molecule has 116 valence electrons. The maximum atomic E-state index is 12.2. The molecular weight excluding hydrogens is 280 g/mol. The van der Waals surface area contributed by atoms with E-state index in [4.69, 9.17) is 9.47 Å². The molecule has 0 radical (unpaired) electrons. The summed E-state index contributed by atoms with van der Waals surface area (Å²) in [7, 11) is 3.43. The van der Waals surface area contributed by atoms with Crippen molar-refractivity contribution in [2.24, 2.45) is 7.05 Å². The normalized spacial score (nSPS) is 11.0. The molecule has 1 aromatic heterocycles. The van der Waals surface area contributed by atoms with Crippen molar-refractivity contribution in [2.45, 2.75) is 6.92 Å². The molecule has 0 amide bonds. The van der Waals surface area contributed by atoms with Crippen LogP contribution in [0.2, 0.25) is 0 Å². The number of ether oxygens (including phenoxy) is 2. The van der Waals surface area contributed by atoms with Crippen molar-refractivity contribution in [3.63, 3.8) is 0 Å². The van der Waals surface area contributed by atoms with Crippen molar-refractivity contribution in [3.05, 3.63) is 53.4 Å². The Bertz CT molecular complexity index is 674. The fourth-order valence-electron chi connectivity index (χ4n) is 2.05. The molecule has 22 heavy (non-hydrogen) atoms. The summed E-state index contributed by atoms with van der Waals surface area (Å²) >= 11 is 0. The summed E-state index contributed by atoms with van der Waals surface area (Å²) in [6.45, 7) is 2.86. The predicted molar refractivity (Wildman–Crippen MR) is 85.1 cm³/mol. The fourth-order valence-corrected chi connectivity index (χ4v) is 2.05. The molecule has 2 aromatic rings. The first-order valence-corrected chi connectivity index (χ1v) is 7.04. The van der Waals surface area contributed by atoms with Crippen LogP contribution in [0.5, 0.6) is 5.75 Å². The number of ketones is 1. The van der Waals surface area contributed by atoms with Gasteiger partial charge in [0.05, 0.1) is 17.9 Å². The summed E-state index contributed by atoms with van der Waals surface area (Å²) in [6, 6.07) is 7.57. The van der Waals surface area contributed by atoms with Crippen LogP contribution in [0.15, 0.2) is 36.5 Å². The topological polar surface area (TPSA) is 53.4 Å². The Hall–Kier alpha value is -2.40. The number of allylic oxidation sites excluding steroid dienone is 1. The summed E-state index contributed by atoms with van der Waals surface area (Å²) in [6.07, 6.45) is 5.06. The number of rotatable bonds is 7. The van der Waals surface area contributed by atoms with Gasteiger partial charge in [0, 0.05) is 20.4 Å². The highest BCUT2D eigenvalue weighted by atomic mass is 16.5. The van der Waals surface area contributed by atoms with Crippen molar-refractivity contribution < 1.29 is 14.3 Å². The molecule has 0 saturated carbocycles. The third kappa shape index (κ3) is 4.30. The van der Waals surface area contributed by atoms with Crippen LogP contribution in [0, 0.1) is 6.92 Å². The van der Waals surface area contributed by atoms with Gasteiger partial charge in [-0.25, -0.2) is 0 Å². The molecule has 2 rings (SSSR count). The number of carbonyl (C=O) groups is 1. The monoisotopic (exact) mass is 300 g/mol. The minimum absolute atomic E-state index is 0.0590. The Morgan fingerprint density at radius 3 is 2.86 bits per heavy atom. The van der Waals surface area contributed by atoms with Gasteiger partial charge in [0.25, 0.3) is 0 Å². The van der Waals surface area contributed by atoms with Crippen molar-refractivity contribution in [3.8, 4) is 5.75 Å².